The molecule has 1 N–H and O–H groups in total. The van der Waals surface area contributed by atoms with Crippen molar-refractivity contribution in [3.05, 3.63) is 63.6 Å². The largest absolute Gasteiger partial charge is 0.354 e. The fourth-order valence-corrected chi connectivity index (χ4v) is 4.48. The molecule has 0 heterocycles. The molecule has 0 bridgehead atoms. The van der Waals surface area contributed by atoms with Crippen molar-refractivity contribution in [2.45, 2.75) is 40.3 Å². The molecule has 2 aromatic carbocycles. The van der Waals surface area contributed by atoms with E-state index in [4.69, 9.17) is 23.2 Å². The van der Waals surface area contributed by atoms with Gasteiger partial charge in [-0.25, -0.2) is 8.42 Å². The minimum Gasteiger partial charge on any atom is -0.354 e. The number of nitrogens with zero attached hydrogens (tertiary/aromatic N) is 2. The fourth-order valence-electron chi connectivity index (χ4n) is 3.28. The Morgan fingerprint density at radius 1 is 1.03 bits per heavy atom. The standard InChI is InChI=1S/C24H31Cl2N3O4S/c1-16(2)13-27-24(31)18(4)28(14-19-9-11-20(25)12-10-19)23(30)15-29(34(5,32)33)22-8-6-7-21(26)17(22)3/h6-12,16,18H,13-15H2,1-5H3,(H,27,31). The molecule has 0 radical (unpaired) electrons. The molecule has 1 unspecified atom stereocenters. The van der Waals surface area contributed by atoms with Gasteiger partial charge in [0, 0.05) is 23.1 Å². The smallest absolute Gasteiger partial charge is 0.244 e. The summed E-state index contributed by atoms with van der Waals surface area (Å²) >= 11 is 12.2. The quantitative estimate of drug-likeness (QED) is 0.500. The minimum absolute atomic E-state index is 0.110. The maximum Gasteiger partial charge on any atom is 0.244 e. The van der Waals surface area contributed by atoms with E-state index >= 15 is 0 Å². The summed E-state index contributed by atoms with van der Waals surface area (Å²) in [6, 6.07) is 11.0. The molecule has 7 nitrogen and oxygen atoms in total. The Labute approximate surface area is 212 Å². The van der Waals surface area contributed by atoms with Gasteiger partial charge in [0.1, 0.15) is 12.6 Å². The van der Waals surface area contributed by atoms with Crippen LogP contribution in [0, 0.1) is 12.8 Å². The molecular formula is C24H31Cl2N3O4S. The van der Waals surface area contributed by atoms with Gasteiger partial charge in [0.05, 0.1) is 11.9 Å². The molecular weight excluding hydrogens is 497 g/mol. The molecule has 186 valence electrons. The van der Waals surface area contributed by atoms with Gasteiger partial charge in [0.15, 0.2) is 0 Å². The first-order chi connectivity index (χ1) is 15.8. The Morgan fingerprint density at radius 3 is 2.21 bits per heavy atom. The van der Waals surface area contributed by atoms with Crippen molar-refractivity contribution in [2.24, 2.45) is 5.92 Å². The van der Waals surface area contributed by atoms with Crippen LogP contribution < -0.4 is 9.62 Å². The second-order valence-electron chi connectivity index (χ2n) is 8.62. The third-order valence-corrected chi connectivity index (χ3v) is 7.09. The number of amides is 2. The SMILES string of the molecule is Cc1c(Cl)cccc1N(CC(=O)N(Cc1ccc(Cl)cc1)C(C)C(=O)NCC(C)C)S(C)(=O)=O. The lowest BCUT2D eigenvalue weighted by Gasteiger charge is -2.32. The number of hydrogen-bond acceptors (Lipinski definition) is 4. The van der Waals surface area contributed by atoms with Crippen LogP contribution in [0.4, 0.5) is 5.69 Å². The van der Waals surface area contributed by atoms with E-state index in [2.05, 4.69) is 5.32 Å². The molecule has 0 aliphatic carbocycles. The molecule has 34 heavy (non-hydrogen) atoms. The van der Waals surface area contributed by atoms with Crippen molar-refractivity contribution in [2.75, 3.05) is 23.7 Å². The number of carbonyl (C=O) groups excluding carboxylic acids is 2. The van der Waals surface area contributed by atoms with Crippen molar-refractivity contribution >= 4 is 50.7 Å². The normalized spacial score (nSPS) is 12.4. The highest BCUT2D eigenvalue weighted by Gasteiger charge is 2.30. The number of halogens is 2. The predicted molar refractivity (Wildman–Crippen MR) is 138 cm³/mol. The zero-order valence-corrected chi connectivity index (χ0v) is 22.3. The lowest BCUT2D eigenvalue weighted by molar-refractivity contribution is -0.139. The minimum atomic E-state index is -3.82. The van der Waals surface area contributed by atoms with Crippen molar-refractivity contribution in [1.29, 1.82) is 0 Å². The molecule has 0 fully saturated rings. The zero-order valence-electron chi connectivity index (χ0n) is 20.0. The summed E-state index contributed by atoms with van der Waals surface area (Å²) in [6.45, 7) is 7.35. The highest BCUT2D eigenvalue weighted by molar-refractivity contribution is 7.92. The Balaban J connectivity index is 2.40. The zero-order chi connectivity index (χ0) is 25.6. The number of nitrogens with one attached hydrogen (secondary N) is 1. The second kappa shape index (κ2) is 11.9. The molecule has 0 saturated heterocycles. The number of carbonyl (C=O) groups is 2. The Morgan fingerprint density at radius 2 is 1.65 bits per heavy atom. The molecule has 2 amide bonds. The first-order valence-corrected chi connectivity index (χ1v) is 13.5. The van der Waals surface area contributed by atoms with Crippen LogP contribution in [0.3, 0.4) is 0 Å². The van der Waals surface area contributed by atoms with E-state index in [0.717, 1.165) is 16.1 Å². The van der Waals surface area contributed by atoms with Crippen LogP contribution in [0.2, 0.25) is 10.0 Å². The Bertz CT molecular complexity index is 1120. The van der Waals surface area contributed by atoms with Crippen molar-refractivity contribution in [3.8, 4) is 0 Å². The summed E-state index contributed by atoms with van der Waals surface area (Å²) in [5.41, 5.74) is 1.60. The fraction of sp³-hybridized carbons (Fsp3) is 0.417. The van der Waals surface area contributed by atoms with Crippen LogP contribution in [0.5, 0.6) is 0 Å². The number of hydrogen-bond donors (Lipinski definition) is 1. The third-order valence-electron chi connectivity index (χ3n) is 5.31. The summed E-state index contributed by atoms with van der Waals surface area (Å²) in [5, 5.41) is 3.77. The first kappa shape index (κ1) is 28.0. The van der Waals surface area contributed by atoms with Gasteiger partial charge in [-0.1, -0.05) is 55.2 Å². The van der Waals surface area contributed by atoms with E-state index in [0.29, 0.717) is 27.8 Å². The molecule has 0 aliphatic heterocycles. The Hall–Kier alpha value is -2.29. The van der Waals surface area contributed by atoms with Crippen LogP contribution in [-0.4, -0.2) is 50.5 Å². The summed E-state index contributed by atoms with van der Waals surface area (Å²) in [4.78, 5) is 27.7. The van der Waals surface area contributed by atoms with E-state index in [-0.39, 0.29) is 18.4 Å². The molecule has 0 saturated carbocycles. The van der Waals surface area contributed by atoms with Crippen molar-refractivity contribution in [1.82, 2.24) is 10.2 Å². The van der Waals surface area contributed by atoms with Crippen LogP contribution >= 0.6 is 23.2 Å². The number of anilines is 1. The van der Waals surface area contributed by atoms with Crippen LogP contribution in [0.1, 0.15) is 31.9 Å². The van der Waals surface area contributed by atoms with E-state index in [1.54, 1.807) is 56.3 Å². The summed E-state index contributed by atoms with van der Waals surface area (Å²) in [6.07, 6.45) is 1.03. The molecule has 2 rings (SSSR count). The van der Waals surface area contributed by atoms with Crippen LogP contribution in [0.15, 0.2) is 42.5 Å². The maximum atomic E-state index is 13.5. The lowest BCUT2D eigenvalue weighted by Crippen LogP contribution is -2.51. The van der Waals surface area contributed by atoms with Crippen molar-refractivity contribution in [3.63, 3.8) is 0 Å². The van der Waals surface area contributed by atoms with Crippen molar-refractivity contribution < 1.29 is 18.0 Å². The molecule has 0 aliphatic rings. The predicted octanol–water partition coefficient (Wildman–Crippen LogP) is 4.26. The summed E-state index contributed by atoms with van der Waals surface area (Å²) < 4.78 is 26.3. The van der Waals surface area contributed by atoms with E-state index in [9.17, 15) is 18.0 Å². The highest BCUT2D eigenvalue weighted by Crippen LogP contribution is 2.28. The Kier molecular flexibility index (Phi) is 9.79. The summed E-state index contributed by atoms with van der Waals surface area (Å²) in [5.74, 6) is -0.601. The van der Waals surface area contributed by atoms with Gasteiger partial charge in [0.25, 0.3) is 0 Å². The van der Waals surface area contributed by atoms with E-state index < -0.39 is 28.5 Å². The van der Waals surface area contributed by atoms with Gasteiger partial charge in [0.2, 0.25) is 21.8 Å². The maximum absolute atomic E-state index is 13.5. The van der Waals surface area contributed by atoms with Gasteiger partial charge in [-0.15, -0.1) is 0 Å². The number of rotatable bonds is 10. The molecule has 0 aromatic heterocycles. The highest BCUT2D eigenvalue weighted by atomic mass is 35.5. The average molecular weight is 529 g/mol. The molecule has 10 heteroatoms. The van der Waals surface area contributed by atoms with Gasteiger partial charge in [-0.3, -0.25) is 13.9 Å². The van der Waals surface area contributed by atoms with Gasteiger partial charge < -0.3 is 10.2 Å². The van der Waals surface area contributed by atoms with Gasteiger partial charge in [-0.05, 0) is 55.2 Å². The number of benzene rings is 2. The number of sulfonamides is 1. The van der Waals surface area contributed by atoms with Gasteiger partial charge in [-0.2, -0.15) is 0 Å². The lowest BCUT2D eigenvalue weighted by atomic mass is 10.1. The molecule has 2 aromatic rings. The van der Waals surface area contributed by atoms with Gasteiger partial charge >= 0.3 is 0 Å². The van der Waals surface area contributed by atoms with Crippen LogP contribution in [-0.2, 0) is 26.2 Å². The van der Waals surface area contributed by atoms with E-state index in [1.165, 1.54) is 4.90 Å². The average Bonchev–Trinajstić information content (AvgIpc) is 2.76. The van der Waals surface area contributed by atoms with Crippen LogP contribution in [0.25, 0.3) is 0 Å². The van der Waals surface area contributed by atoms with E-state index in [1.807, 2.05) is 13.8 Å². The topological polar surface area (TPSA) is 86.8 Å². The monoisotopic (exact) mass is 527 g/mol. The summed E-state index contributed by atoms with van der Waals surface area (Å²) in [7, 11) is -3.82. The molecule has 1 atom stereocenters. The second-order valence-corrected chi connectivity index (χ2v) is 11.4. The molecule has 0 spiro atoms. The first-order valence-electron chi connectivity index (χ1n) is 10.9. The third kappa shape index (κ3) is 7.61.